The van der Waals surface area contributed by atoms with Crippen LogP contribution in [0.5, 0.6) is 0 Å². The second kappa shape index (κ2) is 8.36. The van der Waals surface area contributed by atoms with Crippen molar-refractivity contribution in [2.45, 2.75) is 44.8 Å². The molecule has 3 atom stereocenters. The number of halogens is 3. The van der Waals surface area contributed by atoms with Crippen LogP contribution < -0.4 is 5.32 Å². The van der Waals surface area contributed by atoms with Gasteiger partial charge in [0.2, 0.25) is 5.91 Å². The highest BCUT2D eigenvalue weighted by atomic mass is 19.4. The molecule has 7 heteroatoms. The summed E-state index contributed by atoms with van der Waals surface area (Å²) in [6.07, 6.45) is -2.26. The van der Waals surface area contributed by atoms with Crippen LogP contribution in [0.4, 0.5) is 13.2 Å². The number of alkyl halides is 3. The number of benzene rings is 1. The summed E-state index contributed by atoms with van der Waals surface area (Å²) in [5.41, 5.74) is 0.919. The summed E-state index contributed by atoms with van der Waals surface area (Å²) in [7, 11) is 0. The Kier molecular flexibility index (Phi) is 6.45. The summed E-state index contributed by atoms with van der Waals surface area (Å²) < 4.78 is 41.1. The molecule has 0 heterocycles. The Morgan fingerprint density at radius 3 is 2.36 bits per heavy atom. The number of carbonyl (C=O) groups is 2. The number of esters is 1. The third kappa shape index (κ3) is 5.76. The predicted octanol–water partition coefficient (Wildman–Crippen LogP) is 3.78. The average Bonchev–Trinajstić information content (AvgIpc) is 2.59. The fourth-order valence-electron chi connectivity index (χ4n) is 3.13. The normalized spacial score (nSPS) is 22.1. The Hall–Kier alpha value is -2.05. The molecule has 4 nitrogen and oxygen atoms in total. The van der Waals surface area contributed by atoms with Gasteiger partial charge in [-0.2, -0.15) is 13.2 Å². The summed E-state index contributed by atoms with van der Waals surface area (Å²) in [6.45, 7) is 0.212. The third-order valence-corrected chi connectivity index (χ3v) is 4.44. The summed E-state index contributed by atoms with van der Waals surface area (Å²) in [4.78, 5) is 24.6. The number of rotatable bonds is 5. The molecule has 1 aromatic carbocycles. The van der Waals surface area contributed by atoms with E-state index in [0.717, 1.165) is 12.0 Å². The maximum Gasteiger partial charge on any atom is 0.422 e. The van der Waals surface area contributed by atoms with Gasteiger partial charge in [-0.1, -0.05) is 43.2 Å². The quantitative estimate of drug-likeness (QED) is 0.816. The molecule has 1 amide bonds. The predicted molar refractivity (Wildman–Crippen MR) is 85.5 cm³/mol. The van der Waals surface area contributed by atoms with Crippen LogP contribution in [0, 0.1) is 11.8 Å². The van der Waals surface area contributed by atoms with Gasteiger partial charge in [-0.15, -0.1) is 0 Å². The molecule has 1 aliphatic carbocycles. The lowest BCUT2D eigenvalue weighted by atomic mass is 9.78. The van der Waals surface area contributed by atoms with E-state index in [2.05, 4.69) is 10.1 Å². The Bertz CT molecular complexity index is 589. The average molecular weight is 357 g/mol. The van der Waals surface area contributed by atoms with E-state index >= 15 is 0 Å². The number of amides is 1. The smallest absolute Gasteiger partial charge is 0.422 e. The maximum atomic E-state index is 12.6. The van der Waals surface area contributed by atoms with Crippen LogP contribution in [0.1, 0.15) is 44.2 Å². The van der Waals surface area contributed by atoms with E-state index in [4.69, 9.17) is 0 Å². The SMILES string of the molecule is C[C@H](NC(=O)[C@@H]1CCCC[C@@H]1C(=O)OCC(F)(F)F)c1ccccc1. The highest BCUT2D eigenvalue weighted by molar-refractivity contribution is 5.85. The van der Waals surface area contributed by atoms with Crippen molar-refractivity contribution in [3.05, 3.63) is 35.9 Å². The van der Waals surface area contributed by atoms with E-state index in [1.807, 2.05) is 37.3 Å². The van der Waals surface area contributed by atoms with Gasteiger partial charge in [-0.25, -0.2) is 0 Å². The van der Waals surface area contributed by atoms with E-state index < -0.39 is 30.6 Å². The van der Waals surface area contributed by atoms with E-state index in [1.165, 1.54) is 0 Å². The topological polar surface area (TPSA) is 55.4 Å². The van der Waals surface area contributed by atoms with Gasteiger partial charge in [0, 0.05) is 0 Å². The first-order valence-electron chi connectivity index (χ1n) is 8.36. The summed E-state index contributed by atoms with van der Waals surface area (Å²) >= 11 is 0. The summed E-state index contributed by atoms with van der Waals surface area (Å²) in [5.74, 6) is -2.73. The van der Waals surface area contributed by atoms with Crippen molar-refractivity contribution in [3.63, 3.8) is 0 Å². The minimum atomic E-state index is -4.57. The van der Waals surface area contributed by atoms with Crippen LogP contribution in [0.2, 0.25) is 0 Å². The molecule has 0 spiro atoms. The van der Waals surface area contributed by atoms with Gasteiger partial charge in [0.1, 0.15) is 0 Å². The molecule has 0 aromatic heterocycles. The minimum absolute atomic E-state index is 0.248. The van der Waals surface area contributed by atoms with Gasteiger partial charge < -0.3 is 10.1 Å². The molecule has 138 valence electrons. The molecule has 1 aromatic rings. The number of carbonyl (C=O) groups excluding carboxylic acids is 2. The van der Waals surface area contributed by atoms with Crippen LogP contribution in [0.15, 0.2) is 30.3 Å². The Morgan fingerprint density at radius 2 is 1.76 bits per heavy atom. The molecule has 1 saturated carbocycles. The monoisotopic (exact) mass is 357 g/mol. The molecule has 25 heavy (non-hydrogen) atoms. The first-order chi connectivity index (χ1) is 11.8. The fourth-order valence-corrected chi connectivity index (χ4v) is 3.13. The molecule has 0 unspecified atom stereocenters. The van der Waals surface area contributed by atoms with Gasteiger partial charge in [-0.3, -0.25) is 9.59 Å². The van der Waals surface area contributed by atoms with Gasteiger partial charge in [0.15, 0.2) is 6.61 Å². The molecular weight excluding hydrogens is 335 g/mol. The van der Waals surface area contributed by atoms with Gasteiger partial charge in [-0.05, 0) is 25.3 Å². The second-order valence-electron chi connectivity index (χ2n) is 6.36. The lowest BCUT2D eigenvalue weighted by Crippen LogP contribution is -2.41. The zero-order valence-electron chi connectivity index (χ0n) is 14.0. The fraction of sp³-hybridized carbons (Fsp3) is 0.556. The van der Waals surface area contributed by atoms with E-state index in [-0.39, 0.29) is 11.9 Å². The summed E-state index contributed by atoms with van der Waals surface area (Å²) in [5, 5.41) is 2.85. The number of hydrogen-bond donors (Lipinski definition) is 1. The molecule has 0 aliphatic heterocycles. The molecule has 0 saturated heterocycles. The zero-order chi connectivity index (χ0) is 18.4. The zero-order valence-corrected chi connectivity index (χ0v) is 14.0. The summed E-state index contributed by atoms with van der Waals surface area (Å²) in [6, 6.07) is 9.09. The van der Waals surface area contributed by atoms with Crippen LogP contribution in [-0.2, 0) is 14.3 Å². The van der Waals surface area contributed by atoms with Crippen molar-refractivity contribution in [1.29, 1.82) is 0 Å². The molecule has 2 rings (SSSR count). The second-order valence-corrected chi connectivity index (χ2v) is 6.36. The first kappa shape index (κ1) is 19.3. The minimum Gasteiger partial charge on any atom is -0.456 e. The molecule has 0 radical (unpaired) electrons. The van der Waals surface area contributed by atoms with Crippen LogP contribution in [0.25, 0.3) is 0 Å². The Morgan fingerprint density at radius 1 is 1.16 bits per heavy atom. The molecule has 1 aliphatic rings. The number of hydrogen-bond acceptors (Lipinski definition) is 3. The van der Waals surface area contributed by atoms with Crippen molar-refractivity contribution in [1.82, 2.24) is 5.32 Å². The van der Waals surface area contributed by atoms with Crippen LogP contribution in [-0.4, -0.2) is 24.7 Å². The van der Waals surface area contributed by atoms with Crippen molar-refractivity contribution in [3.8, 4) is 0 Å². The largest absolute Gasteiger partial charge is 0.456 e. The van der Waals surface area contributed by atoms with Crippen molar-refractivity contribution >= 4 is 11.9 Å². The van der Waals surface area contributed by atoms with Gasteiger partial charge in [0.25, 0.3) is 0 Å². The van der Waals surface area contributed by atoms with E-state index in [9.17, 15) is 22.8 Å². The molecular formula is C18H22F3NO3. The number of ether oxygens (including phenoxy) is 1. The maximum absolute atomic E-state index is 12.6. The van der Waals surface area contributed by atoms with Crippen LogP contribution in [0.3, 0.4) is 0 Å². The first-order valence-corrected chi connectivity index (χ1v) is 8.36. The van der Waals surface area contributed by atoms with E-state index in [1.54, 1.807) is 0 Å². The highest BCUT2D eigenvalue weighted by Gasteiger charge is 2.39. The molecule has 1 N–H and O–H groups in total. The third-order valence-electron chi connectivity index (χ3n) is 4.44. The number of nitrogens with one attached hydrogen (secondary N) is 1. The van der Waals surface area contributed by atoms with Crippen molar-refractivity contribution < 1.29 is 27.5 Å². The standard InChI is InChI=1S/C18H22F3NO3/c1-12(13-7-3-2-4-8-13)22-16(23)14-9-5-6-10-15(14)17(24)25-11-18(19,20)21/h2-4,7-8,12,14-15H,5-6,9-11H2,1H3,(H,22,23)/t12-,14+,15-/m0/s1. The van der Waals surface area contributed by atoms with Crippen molar-refractivity contribution in [2.75, 3.05) is 6.61 Å². The van der Waals surface area contributed by atoms with Gasteiger partial charge >= 0.3 is 12.1 Å². The van der Waals surface area contributed by atoms with E-state index in [0.29, 0.717) is 19.3 Å². The molecule has 1 fully saturated rings. The van der Waals surface area contributed by atoms with Crippen LogP contribution >= 0.6 is 0 Å². The molecule has 0 bridgehead atoms. The van der Waals surface area contributed by atoms with Crippen molar-refractivity contribution in [2.24, 2.45) is 11.8 Å². The lowest BCUT2D eigenvalue weighted by Gasteiger charge is -2.30. The highest BCUT2D eigenvalue weighted by Crippen LogP contribution is 2.32. The Labute approximate surface area is 144 Å². The lowest BCUT2D eigenvalue weighted by molar-refractivity contribution is -0.191. The van der Waals surface area contributed by atoms with Gasteiger partial charge in [0.05, 0.1) is 17.9 Å². The Balaban J connectivity index is 1.99.